The molecule has 0 aromatic heterocycles. The van der Waals surface area contributed by atoms with Crippen LogP contribution in [0.25, 0.3) is 0 Å². The van der Waals surface area contributed by atoms with Crippen molar-refractivity contribution in [2.45, 2.75) is 38.8 Å². The lowest BCUT2D eigenvalue weighted by molar-refractivity contribution is 0.372. The van der Waals surface area contributed by atoms with Crippen LogP contribution in [0.15, 0.2) is 12.1 Å². The maximum absolute atomic E-state index is 6.30. The zero-order valence-electron chi connectivity index (χ0n) is 13.3. The first-order valence-electron chi connectivity index (χ1n) is 7.52. The van der Waals surface area contributed by atoms with Crippen LogP contribution in [0.3, 0.4) is 0 Å². The lowest BCUT2D eigenvalue weighted by atomic mass is 10.0. The Labute approximate surface area is 132 Å². The summed E-state index contributed by atoms with van der Waals surface area (Å²) in [4.78, 5) is 2.38. The molecule has 1 N–H and O–H groups in total. The topological polar surface area (TPSA) is 33.7 Å². The highest BCUT2D eigenvalue weighted by Gasteiger charge is 2.27. The van der Waals surface area contributed by atoms with E-state index in [-0.39, 0.29) is 0 Å². The second-order valence-electron chi connectivity index (χ2n) is 5.55. The normalized spacial score (nSPS) is 22.2. The molecule has 0 spiro atoms. The van der Waals surface area contributed by atoms with Gasteiger partial charge in [0.05, 0.1) is 24.9 Å². The Morgan fingerprint density at radius 3 is 2.62 bits per heavy atom. The molecule has 0 radical (unpaired) electrons. The fourth-order valence-corrected chi connectivity index (χ4v) is 3.11. The quantitative estimate of drug-likeness (QED) is 0.904. The Hall–Kier alpha value is -1.13. The van der Waals surface area contributed by atoms with Crippen LogP contribution in [-0.2, 0) is 0 Å². The van der Waals surface area contributed by atoms with E-state index >= 15 is 0 Å². The molecule has 21 heavy (non-hydrogen) atoms. The molecule has 0 saturated carbocycles. The number of benzene rings is 1. The predicted molar refractivity (Wildman–Crippen MR) is 88.1 cm³/mol. The number of nitrogens with zero attached hydrogens (tertiary/aromatic N) is 1. The monoisotopic (exact) mass is 312 g/mol. The predicted octanol–water partition coefficient (Wildman–Crippen LogP) is 3.32. The van der Waals surface area contributed by atoms with Crippen molar-refractivity contribution in [3.63, 3.8) is 0 Å². The summed E-state index contributed by atoms with van der Waals surface area (Å²) in [7, 11) is 3.30. The average molecular weight is 313 g/mol. The first-order chi connectivity index (χ1) is 10.1. The van der Waals surface area contributed by atoms with Crippen molar-refractivity contribution in [2.24, 2.45) is 0 Å². The summed E-state index contributed by atoms with van der Waals surface area (Å²) in [6.45, 7) is 6.37. The van der Waals surface area contributed by atoms with Crippen LogP contribution < -0.4 is 19.7 Å². The SMILES string of the molecule is CCCC1CN(c2cc(Cl)c(OC)cc2OC)C(C)CN1. The first kappa shape index (κ1) is 16.2. The van der Waals surface area contributed by atoms with Crippen molar-refractivity contribution in [2.75, 3.05) is 32.2 Å². The molecule has 2 atom stereocenters. The standard InChI is InChI=1S/C16H25ClN2O2/c1-5-6-12-10-19(11(2)9-18-12)14-7-13(17)15(20-3)8-16(14)21-4/h7-8,11-12,18H,5-6,9-10H2,1-4H3. The number of methoxy groups -OCH3 is 2. The van der Waals surface area contributed by atoms with E-state index in [1.54, 1.807) is 14.2 Å². The molecule has 5 heteroatoms. The number of hydrogen-bond acceptors (Lipinski definition) is 4. The fourth-order valence-electron chi connectivity index (χ4n) is 2.88. The maximum atomic E-state index is 6.30. The van der Waals surface area contributed by atoms with Gasteiger partial charge in [-0.2, -0.15) is 0 Å². The zero-order valence-corrected chi connectivity index (χ0v) is 14.0. The highest BCUT2D eigenvalue weighted by Crippen LogP contribution is 2.39. The minimum absolute atomic E-state index is 0.400. The van der Waals surface area contributed by atoms with Gasteiger partial charge in [0.1, 0.15) is 11.5 Å². The number of piperazine rings is 1. The van der Waals surface area contributed by atoms with Gasteiger partial charge in [0.15, 0.2) is 0 Å². The molecular formula is C16H25ClN2O2. The van der Waals surface area contributed by atoms with Crippen LogP contribution >= 0.6 is 11.6 Å². The van der Waals surface area contributed by atoms with E-state index in [1.165, 1.54) is 12.8 Å². The Morgan fingerprint density at radius 2 is 2.00 bits per heavy atom. The number of rotatable bonds is 5. The highest BCUT2D eigenvalue weighted by atomic mass is 35.5. The molecule has 0 amide bonds. The van der Waals surface area contributed by atoms with E-state index in [0.29, 0.717) is 22.9 Å². The van der Waals surface area contributed by atoms with Crippen LogP contribution in [0, 0.1) is 0 Å². The molecule has 1 fully saturated rings. The molecule has 2 unspecified atom stereocenters. The summed E-state index contributed by atoms with van der Waals surface area (Å²) in [5.74, 6) is 1.45. The van der Waals surface area contributed by atoms with Crippen LogP contribution in [0.2, 0.25) is 5.02 Å². The van der Waals surface area contributed by atoms with E-state index in [2.05, 4.69) is 24.1 Å². The van der Waals surface area contributed by atoms with Crippen molar-refractivity contribution in [3.05, 3.63) is 17.2 Å². The molecule has 1 aromatic carbocycles. The van der Waals surface area contributed by atoms with Crippen molar-refractivity contribution in [1.82, 2.24) is 5.32 Å². The Kier molecular flexibility index (Phi) is 5.59. The van der Waals surface area contributed by atoms with Crippen molar-refractivity contribution >= 4 is 17.3 Å². The van der Waals surface area contributed by atoms with Gasteiger partial charge < -0.3 is 19.7 Å². The van der Waals surface area contributed by atoms with E-state index in [0.717, 1.165) is 24.5 Å². The number of nitrogens with one attached hydrogen (secondary N) is 1. The van der Waals surface area contributed by atoms with Crippen molar-refractivity contribution in [1.29, 1.82) is 0 Å². The van der Waals surface area contributed by atoms with Gasteiger partial charge in [0.2, 0.25) is 0 Å². The van der Waals surface area contributed by atoms with Crippen molar-refractivity contribution < 1.29 is 9.47 Å². The third-order valence-electron chi connectivity index (χ3n) is 4.05. The smallest absolute Gasteiger partial charge is 0.145 e. The Balaban J connectivity index is 2.32. The van der Waals surface area contributed by atoms with Gasteiger partial charge in [-0.15, -0.1) is 0 Å². The summed E-state index contributed by atoms with van der Waals surface area (Å²) in [5, 5.41) is 4.22. The molecule has 2 rings (SSSR count). The van der Waals surface area contributed by atoms with Crippen LogP contribution in [0.1, 0.15) is 26.7 Å². The Bertz CT molecular complexity index is 482. The molecule has 0 aliphatic carbocycles. The minimum atomic E-state index is 0.400. The molecule has 4 nitrogen and oxygen atoms in total. The van der Waals surface area contributed by atoms with Crippen LogP contribution in [0.4, 0.5) is 5.69 Å². The van der Waals surface area contributed by atoms with Crippen LogP contribution in [0.5, 0.6) is 11.5 Å². The van der Waals surface area contributed by atoms with Gasteiger partial charge in [-0.3, -0.25) is 0 Å². The summed E-state index contributed by atoms with van der Waals surface area (Å²) < 4.78 is 10.8. The number of hydrogen-bond donors (Lipinski definition) is 1. The largest absolute Gasteiger partial charge is 0.495 e. The van der Waals surface area contributed by atoms with Crippen molar-refractivity contribution in [3.8, 4) is 11.5 Å². The second kappa shape index (κ2) is 7.23. The van der Waals surface area contributed by atoms with Gasteiger partial charge in [-0.25, -0.2) is 0 Å². The summed E-state index contributed by atoms with van der Waals surface area (Å²) in [6, 6.07) is 4.72. The van der Waals surface area contributed by atoms with Gasteiger partial charge in [0.25, 0.3) is 0 Å². The fraction of sp³-hybridized carbons (Fsp3) is 0.625. The molecule has 1 aliphatic heterocycles. The molecule has 0 bridgehead atoms. The molecule has 1 saturated heterocycles. The summed E-state index contributed by atoms with van der Waals surface area (Å²) >= 11 is 6.30. The first-order valence-corrected chi connectivity index (χ1v) is 7.90. The third-order valence-corrected chi connectivity index (χ3v) is 4.35. The van der Waals surface area contributed by atoms with Gasteiger partial charge in [0, 0.05) is 31.2 Å². The van der Waals surface area contributed by atoms with E-state index in [9.17, 15) is 0 Å². The number of anilines is 1. The average Bonchev–Trinajstić information content (AvgIpc) is 2.49. The van der Waals surface area contributed by atoms with Gasteiger partial charge in [-0.05, 0) is 19.4 Å². The molecular weight excluding hydrogens is 288 g/mol. The van der Waals surface area contributed by atoms with Gasteiger partial charge >= 0.3 is 0 Å². The lowest BCUT2D eigenvalue weighted by Crippen LogP contribution is -2.55. The third kappa shape index (κ3) is 3.55. The molecule has 1 heterocycles. The highest BCUT2D eigenvalue weighted by molar-refractivity contribution is 6.32. The Morgan fingerprint density at radius 1 is 1.29 bits per heavy atom. The van der Waals surface area contributed by atoms with Crippen LogP contribution in [-0.4, -0.2) is 39.4 Å². The second-order valence-corrected chi connectivity index (χ2v) is 5.96. The van der Waals surface area contributed by atoms with E-state index in [1.807, 2.05) is 12.1 Å². The lowest BCUT2D eigenvalue weighted by Gasteiger charge is -2.41. The van der Waals surface area contributed by atoms with E-state index < -0.39 is 0 Å². The van der Waals surface area contributed by atoms with E-state index in [4.69, 9.17) is 21.1 Å². The number of ether oxygens (including phenoxy) is 2. The number of halogens is 1. The molecule has 1 aromatic rings. The minimum Gasteiger partial charge on any atom is -0.495 e. The summed E-state index contributed by atoms with van der Waals surface area (Å²) in [6.07, 6.45) is 2.36. The maximum Gasteiger partial charge on any atom is 0.145 e. The zero-order chi connectivity index (χ0) is 15.4. The van der Waals surface area contributed by atoms with Gasteiger partial charge in [-0.1, -0.05) is 24.9 Å². The molecule has 118 valence electrons. The summed E-state index contributed by atoms with van der Waals surface area (Å²) in [5.41, 5.74) is 1.04. The molecule has 1 aliphatic rings.